The second-order valence-electron chi connectivity index (χ2n) is 7.59. The summed E-state index contributed by atoms with van der Waals surface area (Å²) in [6.07, 6.45) is 8.91. The summed E-state index contributed by atoms with van der Waals surface area (Å²) in [4.78, 5) is 14.2. The Balaban J connectivity index is 1.59. The number of rotatable bonds is 4. The normalized spacial score (nSPS) is 14.4. The van der Waals surface area contributed by atoms with Crippen molar-refractivity contribution in [2.24, 2.45) is 0 Å². The summed E-state index contributed by atoms with van der Waals surface area (Å²) < 4.78 is 2.18. The number of carbonyl (C=O) groups is 1. The van der Waals surface area contributed by atoms with E-state index in [4.69, 9.17) is 0 Å². The Labute approximate surface area is 170 Å². The minimum absolute atomic E-state index is 0.0550. The number of hydrogen-bond acceptors (Lipinski definition) is 2. The van der Waals surface area contributed by atoms with E-state index in [0.717, 1.165) is 24.1 Å². The molecule has 2 amide bonds. The second-order valence-corrected chi connectivity index (χ2v) is 8.67. The van der Waals surface area contributed by atoms with E-state index in [2.05, 4.69) is 47.5 Å². The van der Waals surface area contributed by atoms with E-state index in [9.17, 15) is 4.79 Å². The molecule has 0 saturated carbocycles. The number of benzene rings is 1. The maximum atomic E-state index is 12.7. The standard InChI is InChI=1S/C23H27N3OS/c1-15-9-8-11-19(16(15)2)25-23(27)24-17(3)21-18-10-4-5-12-20(18)28-22(21)26-13-6-7-14-26/h6-9,11,13-14,17H,4-5,10,12H2,1-3H3,(H2,24,25,27). The van der Waals surface area contributed by atoms with E-state index >= 15 is 0 Å². The van der Waals surface area contributed by atoms with Crippen LogP contribution in [0.25, 0.3) is 5.00 Å². The monoisotopic (exact) mass is 393 g/mol. The molecule has 0 spiro atoms. The molecule has 5 heteroatoms. The molecule has 2 heterocycles. The lowest BCUT2D eigenvalue weighted by Crippen LogP contribution is -2.32. The number of nitrogens with zero attached hydrogens (tertiary/aromatic N) is 1. The summed E-state index contributed by atoms with van der Waals surface area (Å²) >= 11 is 1.87. The van der Waals surface area contributed by atoms with Gasteiger partial charge in [-0.15, -0.1) is 11.3 Å². The molecule has 3 aromatic rings. The van der Waals surface area contributed by atoms with Crippen LogP contribution >= 0.6 is 11.3 Å². The Morgan fingerprint density at radius 3 is 2.64 bits per heavy atom. The van der Waals surface area contributed by atoms with Gasteiger partial charge in [0.2, 0.25) is 0 Å². The van der Waals surface area contributed by atoms with Crippen molar-refractivity contribution in [1.82, 2.24) is 9.88 Å². The van der Waals surface area contributed by atoms with Crippen molar-refractivity contribution in [3.8, 4) is 5.00 Å². The van der Waals surface area contributed by atoms with Gasteiger partial charge in [0.05, 0.1) is 6.04 Å². The van der Waals surface area contributed by atoms with Gasteiger partial charge in [0.25, 0.3) is 0 Å². The molecule has 4 rings (SSSR count). The number of anilines is 1. The van der Waals surface area contributed by atoms with Crippen molar-refractivity contribution < 1.29 is 4.79 Å². The van der Waals surface area contributed by atoms with Crippen molar-refractivity contribution in [1.29, 1.82) is 0 Å². The number of fused-ring (bicyclic) bond motifs is 1. The molecule has 1 atom stereocenters. The molecule has 4 nitrogen and oxygen atoms in total. The van der Waals surface area contributed by atoms with E-state index in [0.29, 0.717) is 0 Å². The minimum Gasteiger partial charge on any atom is -0.331 e. The molecule has 1 aliphatic carbocycles. The van der Waals surface area contributed by atoms with Gasteiger partial charge < -0.3 is 15.2 Å². The first kappa shape index (κ1) is 18.8. The van der Waals surface area contributed by atoms with Crippen molar-refractivity contribution >= 4 is 23.1 Å². The van der Waals surface area contributed by atoms with E-state index in [1.54, 1.807) is 0 Å². The third kappa shape index (κ3) is 3.59. The van der Waals surface area contributed by atoms with Gasteiger partial charge in [0.1, 0.15) is 5.00 Å². The second kappa shape index (κ2) is 7.84. The Morgan fingerprint density at radius 1 is 1.11 bits per heavy atom. The topological polar surface area (TPSA) is 46.1 Å². The summed E-state index contributed by atoms with van der Waals surface area (Å²) in [6.45, 7) is 6.18. The van der Waals surface area contributed by atoms with Crippen LogP contribution in [0.4, 0.5) is 10.5 Å². The van der Waals surface area contributed by atoms with Crippen LogP contribution in [-0.4, -0.2) is 10.6 Å². The minimum atomic E-state index is -0.157. The van der Waals surface area contributed by atoms with E-state index < -0.39 is 0 Å². The van der Waals surface area contributed by atoms with Crippen LogP contribution in [0.2, 0.25) is 0 Å². The molecule has 0 radical (unpaired) electrons. The number of hydrogen-bond donors (Lipinski definition) is 2. The number of amides is 2. The van der Waals surface area contributed by atoms with E-state index in [-0.39, 0.29) is 12.1 Å². The molecule has 0 saturated heterocycles. The maximum absolute atomic E-state index is 12.7. The molecule has 1 aliphatic rings. The van der Waals surface area contributed by atoms with E-state index in [1.165, 1.54) is 39.4 Å². The summed E-state index contributed by atoms with van der Waals surface area (Å²) in [6, 6.07) is 9.87. The van der Waals surface area contributed by atoms with Crippen LogP contribution < -0.4 is 10.6 Å². The number of aromatic nitrogens is 1. The van der Waals surface area contributed by atoms with Crippen LogP contribution in [0.1, 0.15) is 52.9 Å². The average Bonchev–Trinajstić information content (AvgIpc) is 3.32. The summed E-state index contributed by atoms with van der Waals surface area (Å²) in [7, 11) is 0. The smallest absolute Gasteiger partial charge is 0.319 e. The van der Waals surface area contributed by atoms with Gasteiger partial charge in [0, 0.05) is 28.5 Å². The Hall–Kier alpha value is -2.53. The summed E-state index contributed by atoms with van der Waals surface area (Å²) in [5.74, 6) is 0. The van der Waals surface area contributed by atoms with E-state index in [1.807, 2.05) is 42.5 Å². The zero-order valence-corrected chi connectivity index (χ0v) is 17.5. The lowest BCUT2D eigenvalue weighted by molar-refractivity contribution is 0.249. The Kier molecular flexibility index (Phi) is 5.27. The predicted octanol–water partition coefficient (Wildman–Crippen LogP) is 5.92. The quantitative estimate of drug-likeness (QED) is 0.568. The zero-order chi connectivity index (χ0) is 19.7. The Morgan fingerprint density at radius 2 is 1.86 bits per heavy atom. The number of aryl methyl sites for hydroxylation is 2. The highest BCUT2D eigenvalue weighted by Gasteiger charge is 2.26. The van der Waals surface area contributed by atoms with Crippen LogP contribution in [-0.2, 0) is 12.8 Å². The van der Waals surface area contributed by atoms with Crippen LogP contribution in [0, 0.1) is 13.8 Å². The summed E-state index contributed by atoms with van der Waals surface area (Å²) in [5, 5.41) is 7.43. The van der Waals surface area contributed by atoms with Gasteiger partial charge in [-0.1, -0.05) is 12.1 Å². The predicted molar refractivity (Wildman–Crippen MR) is 117 cm³/mol. The maximum Gasteiger partial charge on any atom is 0.319 e. The van der Waals surface area contributed by atoms with Crippen LogP contribution in [0.3, 0.4) is 0 Å². The highest BCUT2D eigenvalue weighted by Crippen LogP contribution is 2.40. The molecule has 2 aromatic heterocycles. The van der Waals surface area contributed by atoms with Crippen molar-refractivity contribution in [2.75, 3.05) is 5.32 Å². The lowest BCUT2D eigenvalue weighted by Gasteiger charge is -2.20. The molecular formula is C23H27N3OS. The lowest BCUT2D eigenvalue weighted by atomic mass is 9.93. The molecule has 146 valence electrons. The molecule has 1 aromatic carbocycles. The first-order chi connectivity index (χ1) is 13.5. The first-order valence-corrected chi connectivity index (χ1v) is 10.8. The zero-order valence-electron chi connectivity index (χ0n) is 16.7. The molecule has 0 fully saturated rings. The molecule has 0 bridgehead atoms. The summed E-state index contributed by atoms with van der Waals surface area (Å²) in [5.41, 5.74) is 5.85. The third-order valence-corrected chi connectivity index (χ3v) is 6.99. The van der Waals surface area contributed by atoms with Gasteiger partial charge in [0.15, 0.2) is 0 Å². The van der Waals surface area contributed by atoms with Gasteiger partial charge >= 0.3 is 6.03 Å². The number of urea groups is 1. The first-order valence-electron chi connectivity index (χ1n) is 9.96. The SMILES string of the molecule is Cc1cccc(NC(=O)NC(C)c2c(-n3cccc3)sc3c2CCCC3)c1C. The fraction of sp³-hybridized carbons (Fsp3) is 0.348. The fourth-order valence-electron chi connectivity index (χ4n) is 4.00. The van der Waals surface area contributed by atoms with Crippen molar-refractivity contribution in [3.05, 3.63) is 69.9 Å². The van der Waals surface area contributed by atoms with Crippen molar-refractivity contribution in [2.45, 2.75) is 52.5 Å². The Bertz CT molecular complexity index is 988. The molecule has 28 heavy (non-hydrogen) atoms. The number of nitrogens with one attached hydrogen (secondary N) is 2. The molecule has 1 unspecified atom stereocenters. The molecule has 2 N–H and O–H groups in total. The molecule has 0 aliphatic heterocycles. The highest BCUT2D eigenvalue weighted by atomic mass is 32.1. The van der Waals surface area contributed by atoms with Crippen LogP contribution in [0.15, 0.2) is 42.7 Å². The largest absolute Gasteiger partial charge is 0.331 e. The number of carbonyl (C=O) groups excluding carboxylic acids is 1. The molecular weight excluding hydrogens is 366 g/mol. The van der Waals surface area contributed by atoms with Gasteiger partial charge in [-0.05, 0) is 81.3 Å². The average molecular weight is 394 g/mol. The highest BCUT2D eigenvalue weighted by molar-refractivity contribution is 7.15. The van der Waals surface area contributed by atoms with Gasteiger partial charge in [-0.25, -0.2) is 4.79 Å². The fourth-order valence-corrected chi connectivity index (χ4v) is 5.45. The third-order valence-electron chi connectivity index (χ3n) is 5.67. The van der Waals surface area contributed by atoms with Crippen LogP contribution in [0.5, 0.6) is 0 Å². The number of thiophene rings is 1. The van der Waals surface area contributed by atoms with Crippen molar-refractivity contribution in [3.63, 3.8) is 0 Å². The van der Waals surface area contributed by atoms with Gasteiger partial charge in [-0.2, -0.15) is 0 Å². The van der Waals surface area contributed by atoms with Gasteiger partial charge in [-0.3, -0.25) is 0 Å².